The number of likely N-dealkylation sites (tertiary alicyclic amines) is 1. The van der Waals surface area contributed by atoms with Crippen LogP contribution in [0.4, 0.5) is 9.18 Å². The topological polar surface area (TPSA) is 48.0 Å². The number of hydrogen-bond donors (Lipinski definition) is 0. The second-order valence-corrected chi connectivity index (χ2v) is 11.9. The molecule has 0 saturated carbocycles. The van der Waals surface area contributed by atoms with Gasteiger partial charge in [0.2, 0.25) is 0 Å². The SMILES string of the molecule is CC(C)(C)OC(=O)N1CCC2(CC=C(c3ccc(B4OC(C)(C)C(C)(C)O4)cc3F)CC2)C1. The van der Waals surface area contributed by atoms with E-state index >= 15 is 4.39 Å². The molecule has 1 unspecified atom stereocenters. The maximum Gasteiger partial charge on any atom is 0.494 e. The first-order chi connectivity index (χ1) is 15.2. The van der Waals surface area contributed by atoms with Crippen LogP contribution in [0.1, 0.15) is 79.7 Å². The van der Waals surface area contributed by atoms with Gasteiger partial charge in [-0.2, -0.15) is 0 Å². The van der Waals surface area contributed by atoms with Crippen LogP contribution in [0.3, 0.4) is 0 Å². The number of halogens is 1. The molecule has 1 atom stereocenters. The average molecular weight is 457 g/mol. The van der Waals surface area contributed by atoms with Crippen molar-refractivity contribution in [1.29, 1.82) is 0 Å². The molecule has 1 aromatic rings. The Morgan fingerprint density at radius 1 is 1.12 bits per heavy atom. The van der Waals surface area contributed by atoms with Crippen molar-refractivity contribution in [3.8, 4) is 0 Å². The smallest absolute Gasteiger partial charge is 0.444 e. The Morgan fingerprint density at radius 3 is 2.33 bits per heavy atom. The van der Waals surface area contributed by atoms with Crippen molar-refractivity contribution in [2.45, 2.75) is 91.0 Å². The van der Waals surface area contributed by atoms with E-state index in [1.165, 1.54) is 0 Å². The van der Waals surface area contributed by atoms with Crippen LogP contribution >= 0.6 is 0 Å². The van der Waals surface area contributed by atoms with Gasteiger partial charge in [-0.1, -0.05) is 18.2 Å². The predicted molar refractivity (Wildman–Crippen MR) is 129 cm³/mol. The molecule has 2 aliphatic heterocycles. The van der Waals surface area contributed by atoms with Crippen molar-refractivity contribution in [2.24, 2.45) is 5.41 Å². The summed E-state index contributed by atoms with van der Waals surface area (Å²) in [6.45, 7) is 15.1. The van der Waals surface area contributed by atoms with Gasteiger partial charge in [-0.05, 0) is 96.7 Å². The first kappa shape index (κ1) is 24.3. The van der Waals surface area contributed by atoms with E-state index in [0.29, 0.717) is 17.6 Å². The average Bonchev–Trinajstić information content (AvgIpc) is 3.19. The molecule has 0 N–H and O–H groups in total. The monoisotopic (exact) mass is 457 g/mol. The van der Waals surface area contributed by atoms with Gasteiger partial charge in [-0.15, -0.1) is 0 Å². The molecule has 2 heterocycles. The molecule has 5 nitrogen and oxygen atoms in total. The van der Waals surface area contributed by atoms with Gasteiger partial charge in [0, 0.05) is 18.7 Å². The summed E-state index contributed by atoms with van der Waals surface area (Å²) >= 11 is 0. The number of rotatable bonds is 2. The van der Waals surface area contributed by atoms with Crippen molar-refractivity contribution in [2.75, 3.05) is 13.1 Å². The standard InChI is InChI=1S/C26H37BFNO4/c1-23(2,3)31-22(30)29-15-14-26(17-29)12-10-18(11-13-26)20-9-8-19(16-21(20)28)27-32-24(4,5)25(6,7)33-27/h8-10,16H,11-15,17H2,1-7H3. The Morgan fingerprint density at radius 2 is 1.79 bits per heavy atom. The summed E-state index contributed by atoms with van der Waals surface area (Å²) in [5, 5.41) is 0. The summed E-state index contributed by atoms with van der Waals surface area (Å²) in [6.07, 6.45) is 5.47. The van der Waals surface area contributed by atoms with Crippen LogP contribution in [-0.4, -0.2) is 48.0 Å². The first-order valence-corrected chi connectivity index (χ1v) is 12.0. The van der Waals surface area contributed by atoms with E-state index in [1.807, 2.05) is 65.5 Å². The lowest BCUT2D eigenvalue weighted by Gasteiger charge is -2.33. The van der Waals surface area contributed by atoms with Crippen molar-refractivity contribution in [1.82, 2.24) is 4.90 Å². The van der Waals surface area contributed by atoms with E-state index in [2.05, 4.69) is 6.08 Å². The molecule has 2 saturated heterocycles. The quantitative estimate of drug-likeness (QED) is 0.564. The number of amides is 1. The molecular weight excluding hydrogens is 420 g/mol. The fourth-order valence-electron chi connectivity index (χ4n) is 4.89. The van der Waals surface area contributed by atoms with E-state index in [0.717, 1.165) is 37.8 Å². The highest BCUT2D eigenvalue weighted by Crippen LogP contribution is 2.45. The second-order valence-electron chi connectivity index (χ2n) is 11.9. The minimum atomic E-state index is -0.570. The van der Waals surface area contributed by atoms with Crippen molar-refractivity contribution < 1.29 is 23.2 Å². The molecule has 1 aromatic carbocycles. The normalized spacial score (nSPS) is 26.6. The van der Waals surface area contributed by atoms with E-state index < -0.39 is 23.9 Å². The highest BCUT2D eigenvalue weighted by atomic mass is 19.1. The summed E-state index contributed by atoms with van der Waals surface area (Å²) in [6, 6.07) is 5.30. The molecule has 0 radical (unpaired) electrons. The van der Waals surface area contributed by atoms with Gasteiger partial charge in [-0.3, -0.25) is 0 Å². The summed E-state index contributed by atoms with van der Waals surface area (Å²) in [7, 11) is -0.570. The third kappa shape index (κ3) is 4.85. The Labute approximate surface area is 197 Å². The van der Waals surface area contributed by atoms with Crippen LogP contribution in [0.2, 0.25) is 0 Å². The van der Waals surface area contributed by atoms with Crippen molar-refractivity contribution in [3.05, 3.63) is 35.7 Å². The number of nitrogens with zero attached hydrogens (tertiary/aromatic N) is 1. The lowest BCUT2D eigenvalue weighted by atomic mass is 9.72. The number of carbonyl (C=O) groups excluding carboxylic acids is 1. The van der Waals surface area contributed by atoms with Crippen LogP contribution in [0.15, 0.2) is 24.3 Å². The predicted octanol–water partition coefficient (Wildman–Crippen LogP) is 5.32. The molecule has 2 fully saturated rings. The van der Waals surface area contributed by atoms with Crippen LogP contribution in [0.5, 0.6) is 0 Å². The molecule has 1 aliphatic carbocycles. The van der Waals surface area contributed by atoms with Crippen LogP contribution in [-0.2, 0) is 14.0 Å². The molecule has 1 spiro atoms. The summed E-state index contributed by atoms with van der Waals surface area (Å²) in [4.78, 5) is 14.3. The zero-order chi connectivity index (χ0) is 24.2. The summed E-state index contributed by atoms with van der Waals surface area (Å²) in [5.41, 5.74) is 1.05. The van der Waals surface area contributed by atoms with Crippen LogP contribution in [0.25, 0.3) is 5.57 Å². The lowest BCUT2D eigenvalue weighted by molar-refractivity contribution is 0.00578. The third-order valence-electron chi connectivity index (χ3n) is 7.66. The molecule has 0 bridgehead atoms. The Hall–Kier alpha value is -1.86. The highest BCUT2D eigenvalue weighted by Gasteiger charge is 2.52. The Bertz CT molecular complexity index is 952. The highest BCUT2D eigenvalue weighted by molar-refractivity contribution is 6.62. The Balaban J connectivity index is 1.43. The third-order valence-corrected chi connectivity index (χ3v) is 7.66. The van der Waals surface area contributed by atoms with Gasteiger partial charge >= 0.3 is 13.2 Å². The molecule has 33 heavy (non-hydrogen) atoms. The van der Waals surface area contributed by atoms with E-state index in [1.54, 1.807) is 6.07 Å². The van der Waals surface area contributed by atoms with Crippen molar-refractivity contribution in [3.63, 3.8) is 0 Å². The lowest BCUT2D eigenvalue weighted by Crippen LogP contribution is -2.41. The molecule has 4 rings (SSSR count). The number of hydrogen-bond acceptors (Lipinski definition) is 4. The maximum atomic E-state index is 15.1. The van der Waals surface area contributed by atoms with Crippen LogP contribution in [0, 0.1) is 11.2 Å². The first-order valence-electron chi connectivity index (χ1n) is 12.0. The number of carbonyl (C=O) groups is 1. The van der Waals surface area contributed by atoms with Crippen molar-refractivity contribution >= 4 is 24.2 Å². The number of benzene rings is 1. The zero-order valence-corrected chi connectivity index (χ0v) is 21.1. The maximum absolute atomic E-state index is 15.1. The van der Waals surface area contributed by atoms with E-state index in [4.69, 9.17) is 14.0 Å². The van der Waals surface area contributed by atoms with E-state index in [-0.39, 0.29) is 17.3 Å². The number of ether oxygens (including phenoxy) is 1. The fourth-order valence-corrected chi connectivity index (χ4v) is 4.89. The minimum absolute atomic E-state index is 0.0690. The largest absolute Gasteiger partial charge is 0.494 e. The molecule has 3 aliphatic rings. The fraction of sp³-hybridized carbons (Fsp3) is 0.654. The van der Waals surface area contributed by atoms with Gasteiger partial charge in [0.15, 0.2) is 0 Å². The molecule has 7 heteroatoms. The zero-order valence-electron chi connectivity index (χ0n) is 21.1. The molecule has 0 aromatic heterocycles. The summed E-state index contributed by atoms with van der Waals surface area (Å²) < 4.78 is 32.8. The second kappa shape index (κ2) is 8.12. The van der Waals surface area contributed by atoms with Gasteiger partial charge in [0.1, 0.15) is 11.4 Å². The molecule has 1 amide bonds. The van der Waals surface area contributed by atoms with E-state index in [9.17, 15) is 4.79 Å². The number of allylic oxidation sites excluding steroid dienone is 2. The molecular formula is C26H37BFNO4. The minimum Gasteiger partial charge on any atom is -0.444 e. The van der Waals surface area contributed by atoms with Gasteiger partial charge in [0.25, 0.3) is 0 Å². The van der Waals surface area contributed by atoms with Gasteiger partial charge < -0.3 is 18.9 Å². The Kier molecular flexibility index (Phi) is 5.98. The van der Waals surface area contributed by atoms with Gasteiger partial charge in [0.05, 0.1) is 11.2 Å². The van der Waals surface area contributed by atoms with Gasteiger partial charge in [-0.25, -0.2) is 9.18 Å². The summed E-state index contributed by atoms with van der Waals surface area (Å²) in [5.74, 6) is -0.244. The molecule has 180 valence electrons. The van der Waals surface area contributed by atoms with Crippen LogP contribution < -0.4 is 5.46 Å².